The van der Waals surface area contributed by atoms with E-state index < -0.39 is 0 Å². The first-order valence-electron chi connectivity index (χ1n) is 6.67. The Balaban J connectivity index is 1.73. The highest BCUT2D eigenvalue weighted by molar-refractivity contribution is 9.10. The summed E-state index contributed by atoms with van der Waals surface area (Å²) in [6.45, 7) is 3.56. The molecular weight excluding hydrogens is 322 g/mol. The van der Waals surface area contributed by atoms with E-state index >= 15 is 0 Å². The molecule has 1 atom stereocenters. The molecule has 0 aromatic carbocycles. The highest BCUT2D eigenvalue weighted by Crippen LogP contribution is 2.23. The van der Waals surface area contributed by atoms with Gasteiger partial charge in [-0.3, -0.25) is 9.48 Å². The molecule has 0 N–H and O–H groups in total. The first-order valence-corrected chi connectivity index (χ1v) is 7.47. The van der Waals surface area contributed by atoms with Crippen LogP contribution in [0.25, 0.3) is 0 Å². The summed E-state index contributed by atoms with van der Waals surface area (Å²) in [7, 11) is 0. The maximum Gasteiger partial charge on any atom is 0.257 e. The van der Waals surface area contributed by atoms with Crippen LogP contribution >= 0.6 is 15.9 Å². The Morgan fingerprint density at radius 2 is 2.45 bits per heavy atom. The van der Waals surface area contributed by atoms with E-state index in [1.54, 1.807) is 6.07 Å². The first-order chi connectivity index (χ1) is 9.63. The minimum atomic E-state index is 0.0332. The van der Waals surface area contributed by atoms with Crippen molar-refractivity contribution in [1.29, 1.82) is 0 Å². The van der Waals surface area contributed by atoms with E-state index in [-0.39, 0.29) is 11.9 Å². The van der Waals surface area contributed by atoms with E-state index in [1.807, 2.05) is 28.9 Å². The first kappa shape index (κ1) is 13.4. The Labute approximate surface area is 125 Å². The molecule has 0 spiro atoms. The van der Waals surface area contributed by atoms with Crippen LogP contribution in [0.15, 0.2) is 33.8 Å². The van der Waals surface area contributed by atoms with E-state index in [4.69, 9.17) is 4.42 Å². The third kappa shape index (κ3) is 2.65. The van der Waals surface area contributed by atoms with E-state index in [1.165, 1.54) is 6.26 Å². The van der Waals surface area contributed by atoms with E-state index in [0.29, 0.717) is 10.2 Å². The lowest BCUT2D eigenvalue weighted by Crippen LogP contribution is -2.38. The smallest absolute Gasteiger partial charge is 0.257 e. The minimum Gasteiger partial charge on any atom is -0.457 e. The SMILES string of the molecule is Cc1cnn(CC2CCCN2C(=O)c2coc(Br)c2)c1. The molecule has 20 heavy (non-hydrogen) atoms. The number of aryl methyl sites for hydroxylation is 1. The van der Waals surface area contributed by atoms with Crippen LogP contribution in [0.2, 0.25) is 0 Å². The Kier molecular flexibility index (Phi) is 3.65. The summed E-state index contributed by atoms with van der Waals surface area (Å²) in [5.74, 6) is 0.0332. The lowest BCUT2D eigenvalue weighted by molar-refractivity contribution is 0.0721. The van der Waals surface area contributed by atoms with Gasteiger partial charge in [0.05, 0.1) is 24.3 Å². The molecule has 1 unspecified atom stereocenters. The second-order valence-corrected chi connectivity index (χ2v) is 5.96. The monoisotopic (exact) mass is 337 g/mol. The van der Waals surface area contributed by atoms with Crippen LogP contribution in [0.1, 0.15) is 28.8 Å². The number of furan rings is 1. The Bertz CT molecular complexity index is 619. The topological polar surface area (TPSA) is 51.3 Å². The summed E-state index contributed by atoms with van der Waals surface area (Å²) in [5.41, 5.74) is 1.74. The maximum atomic E-state index is 12.5. The predicted octanol–water partition coefficient (Wildman–Crippen LogP) is 2.85. The van der Waals surface area contributed by atoms with Gasteiger partial charge in [-0.25, -0.2) is 0 Å². The van der Waals surface area contributed by atoms with Crippen LogP contribution in [-0.2, 0) is 6.54 Å². The predicted molar refractivity (Wildman–Crippen MR) is 77.4 cm³/mol. The third-order valence-electron chi connectivity index (χ3n) is 3.61. The Morgan fingerprint density at radius 1 is 1.60 bits per heavy atom. The molecule has 3 heterocycles. The van der Waals surface area contributed by atoms with Crippen molar-refractivity contribution in [1.82, 2.24) is 14.7 Å². The number of likely N-dealkylation sites (tertiary alicyclic amines) is 1. The number of rotatable bonds is 3. The molecule has 0 aliphatic carbocycles. The Hall–Kier alpha value is -1.56. The molecule has 1 aliphatic heterocycles. The van der Waals surface area contributed by atoms with Crippen molar-refractivity contribution in [2.24, 2.45) is 0 Å². The van der Waals surface area contributed by atoms with Crippen LogP contribution in [0.5, 0.6) is 0 Å². The van der Waals surface area contributed by atoms with Gasteiger partial charge < -0.3 is 9.32 Å². The molecule has 6 heteroatoms. The maximum absolute atomic E-state index is 12.5. The lowest BCUT2D eigenvalue weighted by atomic mass is 10.2. The van der Waals surface area contributed by atoms with Crippen molar-refractivity contribution in [2.75, 3.05) is 6.54 Å². The summed E-state index contributed by atoms with van der Waals surface area (Å²) in [4.78, 5) is 14.4. The highest BCUT2D eigenvalue weighted by atomic mass is 79.9. The average molecular weight is 338 g/mol. The normalized spacial score (nSPS) is 18.7. The molecule has 1 fully saturated rings. The molecule has 1 amide bonds. The van der Waals surface area contributed by atoms with Gasteiger partial charge >= 0.3 is 0 Å². The largest absolute Gasteiger partial charge is 0.457 e. The number of nitrogens with zero attached hydrogens (tertiary/aromatic N) is 3. The van der Waals surface area contributed by atoms with Gasteiger partial charge in [0.2, 0.25) is 0 Å². The van der Waals surface area contributed by atoms with Crippen molar-refractivity contribution in [3.63, 3.8) is 0 Å². The van der Waals surface area contributed by atoms with Crippen LogP contribution in [0.3, 0.4) is 0 Å². The van der Waals surface area contributed by atoms with Gasteiger partial charge in [-0.1, -0.05) is 0 Å². The highest BCUT2D eigenvalue weighted by Gasteiger charge is 2.30. The zero-order chi connectivity index (χ0) is 14.1. The second-order valence-electron chi connectivity index (χ2n) is 5.17. The van der Waals surface area contributed by atoms with Gasteiger partial charge in [-0.05, 0) is 41.3 Å². The minimum absolute atomic E-state index is 0.0332. The molecule has 0 radical (unpaired) electrons. The Morgan fingerprint density at radius 3 is 3.10 bits per heavy atom. The third-order valence-corrected chi connectivity index (χ3v) is 4.03. The van der Waals surface area contributed by atoms with Crippen molar-refractivity contribution < 1.29 is 9.21 Å². The standard InChI is InChI=1S/C14H16BrN3O2/c1-10-6-16-17(7-10)8-12-3-2-4-18(12)14(19)11-5-13(15)20-9-11/h5-7,9,12H,2-4,8H2,1H3. The van der Waals surface area contributed by atoms with Crippen LogP contribution in [0, 0.1) is 6.92 Å². The van der Waals surface area contributed by atoms with Gasteiger partial charge in [-0.15, -0.1) is 0 Å². The van der Waals surface area contributed by atoms with Crippen molar-refractivity contribution in [2.45, 2.75) is 32.4 Å². The molecule has 3 rings (SSSR count). The fraction of sp³-hybridized carbons (Fsp3) is 0.429. The fourth-order valence-electron chi connectivity index (χ4n) is 2.66. The summed E-state index contributed by atoms with van der Waals surface area (Å²) < 4.78 is 7.65. The van der Waals surface area contributed by atoms with Gasteiger partial charge in [0.25, 0.3) is 5.91 Å². The molecule has 2 aromatic rings. The summed E-state index contributed by atoms with van der Waals surface area (Å²) >= 11 is 3.23. The van der Waals surface area contributed by atoms with Crippen LogP contribution < -0.4 is 0 Å². The summed E-state index contributed by atoms with van der Waals surface area (Å²) in [6, 6.07) is 1.92. The van der Waals surface area contributed by atoms with E-state index in [2.05, 4.69) is 21.0 Å². The molecule has 0 bridgehead atoms. The van der Waals surface area contributed by atoms with E-state index in [9.17, 15) is 4.79 Å². The molecular formula is C14H16BrN3O2. The van der Waals surface area contributed by atoms with Crippen molar-refractivity contribution >= 4 is 21.8 Å². The van der Waals surface area contributed by atoms with Gasteiger partial charge in [-0.2, -0.15) is 5.10 Å². The van der Waals surface area contributed by atoms with Gasteiger partial charge in [0, 0.05) is 18.8 Å². The number of aromatic nitrogens is 2. The molecule has 0 saturated carbocycles. The zero-order valence-electron chi connectivity index (χ0n) is 11.3. The number of halogens is 1. The molecule has 1 saturated heterocycles. The van der Waals surface area contributed by atoms with Gasteiger partial charge in [0.1, 0.15) is 6.26 Å². The average Bonchev–Trinajstić information content (AvgIpc) is 3.11. The second kappa shape index (κ2) is 5.44. The fourth-order valence-corrected chi connectivity index (χ4v) is 3.00. The number of amides is 1. The molecule has 106 valence electrons. The summed E-state index contributed by atoms with van der Waals surface area (Å²) in [5, 5.41) is 4.30. The van der Waals surface area contributed by atoms with Crippen LogP contribution in [0.4, 0.5) is 0 Å². The lowest BCUT2D eigenvalue weighted by Gasteiger charge is -2.24. The number of hydrogen-bond donors (Lipinski definition) is 0. The molecule has 5 nitrogen and oxygen atoms in total. The molecule has 2 aromatic heterocycles. The van der Waals surface area contributed by atoms with Gasteiger partial charge in [0.15, 0.2) is 4.67 Å². The van der Waals surface area contributed by atoms with E-state index in [0.717, 1.165) is 31.5 Å². The number of carbonyl (C=O) groups excluding carboxylic acids is 1. The van der Waals surface area contributed by atoms with Crippen LogP contribution in [-0.4, -0.2) is 33.2 Å². The number of carbonyl (C=O) groups is 1. The molecule has 1 aliphatic rings. The quantitative estimate of drug-likeness (QED) is 0.865. The van der Waals surface area contributed by atoms with Crippen molar-refractivity contribution in [3.8, 4) is 0 Å². The summed E-state index contributed by atoms with van der Waals surface area (Å²) in [6.07, 6.45) is 7.41. The zero-order valence-corrected chi connectivity index (χ0v) is 12.8. The van der Waals surface area contributed by atoms with Crippen molar-refractivity contribution in [3.05, 3.63) is 40.5 Å². The number of hydrogen-bond acceptors (Lipinski definition) is 3.